The van der Waals surface area contributed by atoms with Crippen molar-refractivity contribution in [1.29, 1.82) is 0 Å². The number of rotatable bonds is 6. The number of furan rings is 1. The van der Waals surface area contributed by atoms with Gasteiger partial charge in [0.15, 0.2) is 6.61 Å². The van der Waals surface area contributed by atoms with Crippen LogP contribution < -0.4 is 10.1 Å². The van der Waals surface area contributed by atoms with Gasteiger partial charge < -0.3 is 14.5 Å². The summed E-state index contributed by atoms with van der Waals surface area (Å²) in [6.45, 7) is 0.312. The smallest absolute Gasteiger partial charge is 0.258 e. The van der Waals surface area contributed by atoms with Gasteiger partial charge in [-0.2, -0.15) is 0 Å². The van der Waals surface area contributed by atoms with E-state index in [1.54, 1.807) is 23.7 Å². The SMILES string of the molecule is O=C(COc1ccc(-c2nc3ccccc3s2)cc1)NCc1ccco1. The van der Waals surface area contributed by atoms with Gasteiger partial charge in [-0.3, -0.25) is 4.79 Å². The Morgan fingerprint density at radius 1 is 1.08 bits per heavy atom. The van der Waals surface area contributed by atoms with Gasteiger partial charge in [-0.1, -0.05) is 12.1 Å². The first-order chi connectivity index (χ1) is 12.8. The minimum Gasteiger partial charge on any atom is -0.484 e. The van der Waals surface area contributed by atoms with Gasteiger partial charge in [0, 0.05) is 5.56 Å². The molecule has 0 saturated heterocycles. The van der Waals surface area contributed by atoms with E-state index >= 15 is 0 Å². The second kappa shape index (κ2) is 7.41. The summed E-state index contributed by atoms with van der Waals surface area (Å²) in [7, 11) is 0. The normalized spacial score (nSPS) is 10.8. The average molecular weight is 364 g/mol. The monoisotopic (exact) mass is 364 g/mol. The van der Waals surface area contributed by atoms with Crippen LogP contribution in [0.4, 0.5) is 0 Å². The lowest BCUT2D eigenvalue weighted by molar-refractivity contribution is -0.123. The highest BCUT2D eigenvalue weighted by molar-refractivity contribution is 7.21. The summed E-state index contributed by atoms with van der Waals surface area (Å²) in [6, 6.07) is 19.3. The van der Waals surface area contributed by atoms with E-state index in [0.717, 1.165) is 20.8 Å². The van der Waals surface area contributed by atoms with Crippen molar-refractivity contribution in [3.05, 3.63) is 72.7 Å². The molecule has 0 unspecified atom stereocenters. The van der Waals surface area contributed by atoms with Crippen LogP contribution in [0, 0.1) is 0 Å². The Labute approximate surface area is 154 Å². The zero-order chi connectivity index (χ0) is 17.8. The maximum atomic E-state index is 11.8. The molecule has 4 rings (SSSR count). The van der Waals surface area contributed by atoms with Crippen LogP contribution >= 0.6 is 11.3 Å². The Kier molecular flexibility index (Phi) is 4.66. The van der Waals surface area contributed by atoms with Crippen molar-refractivity contribution < 1.29 is 13.9 Å². The van der Waals surface area contributed by atoms with Gasteiger partial charge in [0.1, 0.15) is 16.5 Å². The molecule has 2 heterocycles. The van der Waals surface area contributed by atoms with Crippen molar-refractivity contribution in [2.24, 2.45) is 0 Å². The molecule has 130 valence electrons. The van der Waals surface area contributed by atoms with Gasteiger partial charge in [0.05, 0.1) is 23.0 Å². The van der Waals surface area contributed by atoms with Crippen LogP contribution in [-0.2, 0) is 11.3 Å². The number of aromatic nitrogens is 1. The van der Waals surface area contributed by atoms with E-state index in [4.69, 9.17) is 9.15 Å². The number of carbonyl (C=O) groups is 1. The second-order valence-electron chi connectivity index (χ2n) is 5.66. The van der Waals surface area contributed by atoms with Crippen molar-refractivity contribution >= 4 is 27.5 Å². The lowest BCUT2D eigenvalue weighted by Gasteiger charge is -2.07. The number of hydrogen-bond acceptors (Lipinski definition) is 5. The van der Waals surface area contributed by atoms with Crippen LogP contribution in [-0.4, -0.2) is 17.5 Å². The fourth-order valence-electron chi connectivity index (χ4n) is 2.49. The molecule has 5 nitrogen and oxygen atoms in total. The average Bonchev–Trinajstić information content (AvgIpc) is 3.34. The molecule has 0 fully saturated rings. The van der Waals surface area contributed by atoms with Gasteiger partial charge in [-0.15, -0.1) is 11.3 Å². The molecule has 0 aliphatic heterocycles. The third kappa shape index (κ3) is 3.75. The van der Waals surface area contributed by atoms with Crippen LogP contribution in [0.1, 0.15) is 5.76 Å². The molecule has 0 atom stereocenters. The molecule has 0 spiro atoms. The molecule has 0 aliphatic carbocycles. The van der Waals surface area contributed by atoms with E-state index in [1.165, 1.54) is 0 Å². The van der Waals surface area contributed by atoms with Gasteiger partial charge in [-0.25, -0.2) is 4.98 Å². The zero-order valence-electron chi connectivity index (χ0n) is 13.8. The minimum absolute atomic E-state index is 0.0405. The molecule has 4 aromatic rings. The number of benzene rings is 2. The molecule has 0 bridgehead atoms. The molecule has 26 heavy (non-hydrogen) atoms. The van der Waals surface area contributed by atoms with E-state index in [2.05, 4.69) is 16.4 Å². The van der Waals surface area contributed by atoms with Gasteiger partial charge in [0.2, 0.25) is 0 Å². The minimum atomic E-state index is -0.198. The maximum absolute atomic E-state index is 11.8. The molecular formula is C20H16N2O3S. The summed E-state index contributed by atoms with van der Waals surface area (Å²) in [5, 5.41) is 3.71. The molecule has 0 saturated carbocycles. The molecule has 1 N–H and O–H groups in total. The number of nitrogens with zero attached hydrogens (tertiary/aromatic N) is 1. The largest absolute Gasteiger partial charge is 0.484 e. The molecule has 6 heteroatoms. The predicted octanol–water partition coefficient (Wildman–Crippen LogP) is 4.25. The first kappa shape index (κ1) is 16.4. The molecule has 1 amide bonds. The molecular weight excluding hydrogens is 348 g/mol. The van der Waals surface area contributed by atoms with E-state index < -0.39 is 0 Å². The fourth-order valence-corrected chi connectivity index (χ4v) is 3.46. The van der Waals surface area contributed by atoms with Gasteiger partial charge in [0.25, 0.3) is 5.91 Å². The van der Waals surface area contributed by atoms with Crippen LogP contribution in [0.3, 0.4) is 0 Å². The first-order valence-corrected chi connectivity index (χ1v) is 8.97. The van der Waals surface area contributed by atoms with Crippen molar-refractivity contribution in [1.82, 2.24) is 10.3 Å². The Morgan fingerprint density at radius 2 is 1.92 bits per heavy atom. The Bertz CT molecular complexity index is 974. The topological polar surface area (TPSA) is 64.4 Å². The van der Waals surface area contributed by atoms with Crippen LogP contribution in [0.25, 0.3) is 20.8 Å². The highest BCUT2D eigenvalue weighted by atomic mass is 32.1. The van der Waals surface area contributed by atoms with E-state index in [9.17, 15) is 4.79 Å². The maximum Gasteiger partial charge on any atom is 0.258 e. The number of carbonyl (C=O) groups excluding carboxylic acids is 1. The van der Waals surface area contributed by atoms with E-state index in [0.29, 0.717) is 18.1 Å². The molecule has 2 aromatic heterocycles. The second-order valence-corrected chi connectivity index (χ2v) is 6.69. The molecule has 0 radical (unpaired) electrons. The number of ether oxygens (including phenoxy) is 1. The molecule has 0 aliphatic rings. The number of hydrogen-bond donors (Lipinski definition) is 1. The van der Waals surface area contributed by atoms with E-state index in [-0.39, 0.29) is 12.5 Å². The summed E-state index contributed by atoms with van der Waals surface area (Å²) in [5.41, 5.74) is 2.03. The van der Waals surface area contributed by atoms with Crippen LogP contribution in [0.2, 0.25) is 0 Å². The zero-order valence-corrected chi connectivity index (χ0v) is 14.7. The van der Waals surface area contributed by atoms with Crippen LogP contribution in [0.15, 0.2) is 71.3 Å². The number of para-hydroxylation sites is 1. The highest BCUT2D eigenvalue weighted by Gasteiger charge is 2.07. The summed E-state index contributed by atoms with van der Waals surface area (Å²) in [5.74, 6) is 1.15. The van der Waals surface area contributed by atoms with Crippen molar-refractivity contribution in [3.8, 4) is 16.3 Å². The highest BCUT2D eigenvalue weighted by Crippen LogP contribution is 2.30. The van der Waals surface area contributed by atoms with Gasteiger partial charge in [-0.05, 0) is 48.5 Å². The van der Waals surface area contributed by atoms with Crippen molar-refractivity contribution in [2.75, 3.05) is 6.61 Å². The fraction of sp³-hybridized carbons (Fsp3) is 0.100. The summed E-state index contributed by atoms with van der Waals surface area (Å²) in [4.78, 5) is 16.5. The number of fused-ring (bicyclic) bond motifs is 1. The predicted molar refractivity (Wildman–Crippen MR) is 101 cm³/mol. The summed E-state index contributed by atoms with van der Waals surface area (Å²) >= 11 is 1.65. The lowest BCUT2D eigenvalue weighted by Crippen LogP contribution is -2.28. The van der Waals surface area contributed by atoms with Crippen LogP contribution in [0.5, 0.6) is 5.75 Å². The summed E-state index contributed by atoms with van der Waals surface area (Å²) < 4.78 is 11.9. The third-order valence-corrected chi connectivity index (χ3v) is 4.89. The lowest BCUT2D eigenvalue weighted by atomic mass is 10.2. The Hall–Kier alpha value is -3.12. The number of amides is 1. The quantitative estimate of drug-likeness (QED) is 0.555. The van der Waals surface area contributed by atoms with E-state index in [1.807, 2.05) is 48.5 Å². The third-order valence-electron chi connectivity index (χ3n) is 3.80. The van der Waals surface area contributed by atoms with Gasteiger partial charge >= 0.3 is 0 Å². The number of thiazole rings is 1. The van der Waals surface area contributed by atoms with Crippen molar-refractivity contribution in [3.63, 3.8) is 0 Å². The first-order valence-electron chi connectivity index (χ1n) is 8.16. The number of nitrogens with one attached hydrogen (secondary N) is 1. The molecule has 2 aromatic carbocycles. The summed E-state index contributed by atoms with van der Waals surface area (Å²) in [6.07, 6.45) is 1.57. The standard InChI is InChI=1S/C20H16N2O3S/c23-19(21-12-16-4-3-11-24-16)13-25-15-9-7-14(8-10-15)20-22-17-5-1-2-6-18(17)26-20/h1-11H,12-13H2,(H,21,23). The Morgan fingerprint density at radius 3 is 2.69 bits per heavy atom. The Balaban J connectivity index is 1.34. The van der Waals surface area contributed by atoms with Crippen molar-refractivity contribution in [2.45, 2.75) is 6.54 Å².